The van der Waals surface area contributed by atoms with Crippen molar-refractivity contribution in [2.24, 2.45) is 5.16 Å². The van der Waals surface area contributed by atoms with E-state index in [0.717, 1.165) is 22.4 Å². The molecule has 3 heteroatoms. The molecule has 0 spiro atoms. The molecule has 0 saturated carbocycles. The molecule has 3 nitrogen and oxygen atoms in total. The lowest BCUT2D eigenvalue weighted by Crippen LogP contribution is -2.07. The molecule has 1 atom stereocenters. The zero-order valence-electron chi connectivity index (χ0n) is 12.0. The van der Waals surface area contributed by atoms with Gasteiger partial charge in [-0.15, -0.1) is 0 Å². The third-order valence-corrected chi connectivity index (χ3v) is 3.25. The van der Waals surface area contributed by atoms with E-state index < -0.39 is 0 Å². The molecule has 0 bridgehead atoms. The second-order valence-electron chi connectivity index (χ2n) is 4.86. The van der Waals surface area contributed by atoms with Gasteiger partial charge in [-0.25, -0.2) is 0 Å². The van der Waals surface area contributed by atoms with Crippen LogP contribution in [0.25, 0.3) is 0 Å². The summed E-state index contributed by atoms with van der Waals surface area (Å²) in [7, 11) is 0. The van der Waals surface area contributed by atoms with E-state index in [2.05, 4.69) is 5.16 Å². The summed E-state index contributed by atoms with van der Waals surface area (Å²) in [6, 6.07) is 15.9. The molecule has 1 unspecified atom stereocenters. The maximum absolute atomic E-state index is 8.99. The molecule has 0 aliphatic heterocycles. The van der Waals surface area contributed by atoms with E-state index in [4.69, 9.17) is 9.94 Å². The number of nitrogens with zero attached hydrogens (tertiary/aromatic N) is 1. The van der Waals surface area contributed by atoms with Crippen molar-refractivity contribution in [3.05, 3.63) is 65.2 Å². The number of hydrogen-bond donors (Lipinski definition) is 1. The smallest absolute Gasteiger partial charge is 0.129 e. The van der Waals surface area contributed by atoms with E-state index in [1.807, 2.05) is 62.4 Å². The molecular formula is C17H19NO2. The molecular weight excluding hydrogens is 250 g/mol. The average molecular weight is 269 g/mol. The van der Waals surface area contributed by atoms with Crippen molar-refractivity contribution in [1.82, 2.24) is 0 Å². The van der Waals surface area contributed by atoms with Crippen molar-refractivity contribution in [3.63, 3.8) is 0 Å². The number of hydrogen-bond acceptors (Lipinski definition) is 3. The van der Waals surface area contributed by atoms with Crippen LogP contribution in [0.2, 0.25) is 0 Å². The van der Waals surface area contributed by atoms with Crippen molar-refractivity contribution < 1.29 is 9.94 Å². The Hall–Kier alpha value is -2.29. The molecule has 2 aromatic rings. The number of ether oxygens (including phenoxy) is 1. The van der Waals surface area contributed by atoms with Crippen molar-refractivity contribution >= 4 is 5.71 Å². The van der Waals surface area contributed by atoms with Gasteiger partial charge in [-0.1, -0.05) is 47.1 Å². The van der Waals surface area contributed by atoms with Gasteiger partial charge >= 0.3 is 0 Å². The van der Waals surface area contributed by atoms with Crippen molar-refractivity contribution in [1.29, 1.82) is 0 Å². The van der Waals surface area contributed by atoms with E-state index >= 15 is 0 Å². The largest absolute Gasteiger partial charge is 0.485 e. The van der Waals surface area contributed by atoms with Gasteiger partial charge in [0, 0.05) is 5.56 Å². The summed E-state index contributed by atoms with van der Waals surface area (Å²) in [6.07, 6.45) is -0.0656. The van der Waals surface area contributed by atoms with Crippen LogP contribution in [0.3, 0.4) is 0 Å². The van der Waals surface area contributed by atoms with E-state index in [-0.39, 0.29) is 6.10 Å². The van der Waals surface area contributed by atoms with E-state index in [1.165, 1.54) is 0 Å². The summed E-state index contributed by atoms with van der Waals surface area (Å²) in [5, 5.41) is 12.3. The molecule has 0 radical (unpaired) electrons. The topological polar surface area (TPSA) is 41.8 Å². The molecule has 0 amide bonds. The zero-order chi connectivity index (χ0) is 14.5. The fourth-order valence-corrected chi connectivity index (χ4v) is 2.07. The molecule has 0 saturated heterocycles. The molecule has 0 heterocycles. The molecule has 2 rings (SSSR count). The van der Waals surface area contributed by atoms with Crippen LogP contribution in [0.5, 0.6) is 5.75 Å². The van der Waals surface area contributed by atoms with Crippen LogP contribution < -0.4 is 4.74 Å². The maximum atomic E-state index is 8.99. The molecule has 0 aliphatic carbocycles. The second kappa shape index (κ2) is 6.24. The Labute approximate surface area is 119 Å². The van der Waals surface area contributed by atoms with Crippen LogP contribution in [0, 0.1) is 6.92 Å². The number of aryl methyl sites for hydroxylation is 1. The highest BCUT2D eigenvalue weighted by Crippen LogP contribution is 2.26. The minimum Gasteiger partial charge on any atom is -0.485 e. The van der Waals surface area contributed by atoms with Crippen LogP contribution in [-0.4, -0.2) is 10.9 Å². The van der Waals surface area contributed by atoms with Gasteiger partial charge in [0.25, 0.3) is 0 Å². The van der Waals surface area contributed by atoms with E-state index in [1.54, 1.807) is 6.92 Å². The first kappa shape index (κ1) is 14.1. The van der Waals surface area contributed by atoms with Crippen LogP contribution in [0.4, 0.5) is 0 Å². The lowest BCUT2D eigenvalue weighted by Gasteiger charge is -2.18. The molecule has 0 fully saturated rings. The summed E-state index contributed by atoms with van der Waals surface area (Å²) in [4.78, 5) is 0. The monoisotopic (exact) mass is 269 g/mol. The predicted molar refractivity (Wildman–Crippen MR) is 80.7 cm³/mol. The summed E-state index contributed by atoms with van der Waals surface area (Å²) >= 11 is 0. The first-order valence-electron chi connectivity index (χ1n) is 6.63. The van der Waals surface area contributed by atoms with Gasteiger partial charge in [0.05, 0.1) is 5.71 Å². The van der Waals surface area contributed by atoms with Crippen molar-refractivity contribution in [2.45, 2.75) is 26.9 Å². The molecule has 0 aromatic heterocycles. The SMILES string of the molecule is CC(=NO)c1cc(C)ccc1OC(C)c1ccccc1. The number of oxime groups is 1. The minimum absolute atomic E-state index is 0.0656. The van der Waals surface area contributed by atoms with Crippen molar-refractivity contribution in [2.75, 3.05) is 0 Å². The van der Waals surface area contributed by atoms with Gasteiger partial charge in [0.1, 0.15) is 11.9 Å². The Morgan fingerprint density at radius 2 is 1.85 bits per heavy atom. The Balaban J connectivity index is 2.30. The van der Waals surface area contributed by atoms with E-state index in [9.17, 15) is 0 Å². The lowest BCUT2D eigenvalue weighted by atomic mass is 10.1. The first-order chi connectivity index (χ1) is 9.61. The highest BCUT2D eigenvalue weighted by atomic mass is 16.5. The Bertz CT molecular complexity index is 606. The molecule has 104 valence electrons. The average Bonchev–Trinajstić information content (AvgIpc) is 2.49. The van der Waals surface area contributed by atoms with E-state index in [0.29, 0.717) is 5.71 Å². The number of rotatable bonds is 4. The fraction of sp³-hybridized carbons (Fsp3) is 0.235. The normalized spacial score (nSPS) is 13.1. The molecule has 2 aromatic carbocycles. The van der Waals surface area contributed by atoms with Crippen LogP contribution in [-0.2, 0) is 0 Å². The number of benzene rings is 2. The zero-order valence-corrected chi connectivity index (χ0v) is 12.0. The highest BCUT2D eigenvalue weighted by Gasteiger charge is 2.12. The summed E-state index contributed by atoms with van der Waals surface area (Å²) < 4.78 is 6.02. The highest BCUT2D eigenvalue weighted by molar-refractivity contribution is 6.00. The summed E-state index contributed by atoms with van der Waals surface area (Å²) in [5.74, 6) is 0.724. The van der Waals surface area contributed by atoms with Gasteiger partial charge in [0.2, 0.25) is 0 Å². The first-order valence-corrected chi connectivity index (χ1v) is 6.63. The van der Waals surface area contributed by atoms with Gasteiger partial charge in [-0.05, 0) is 38.5 Å². The van der Waals surface area contributed by atoms with Gasteiger partial charge in [-0.3, -0.25) is 0 Å². The van der Waals surface area contributed by atoms with Gasteiger partial charge in [0.15, 0.2) is 0 Å². The quantitative estimate of drug-likeness (QED) is 0.510. The Kier molecular flexibility index (Phi) is 4.41. The Morgan fingerprint density at radius 3 is 2.50 bits per heavy atom. The van der Waals surface area contributed by atoms with Crippen LogP contribution >= 0.6 is 0 Å². The van der Waals surface area contributed by atoms with Crippen molar-refractivity contribution in [3.8, 4) is 5.75 Å². The molecule has 0 aliphatic rings. The van der Waals surface area contributed by atoms with Gasteiger partial charge in [-0.2, -0.15) is 0 Å². The summed E-state index contributed by atoms with van der Waals surface area (Å²) in [6.45, 7) is 5.76. The Morgan fingerprint density at radius 1 is 1.15 bits per heavy atom. The third-order valence-electron chi connectivity index (χ3n) is 3.25. The van der Waals surface area contributed by atoms with Crippen LogP contribution in [0.15, 0.2) is 53.7 Å². The standard InChI is InChI=1S/C17H19NO2/c1-12-9-10-17(16(11-12)13(2)18-19)20-14(3)15-7-5-4-6-8-15/h4-11,14,19H,1-3H3. The maximum Gasteiger partial charge on any atom is 0.129 e. The fourth-order valence-electron chi connectivity index (χ4n) is 2.07. The minimum atomic E-state index is -0.0656. The third kappa shape index (κ3) is 3.18. The van der Waals surface area contributed by atoms with Crippen LogP contribution in [0.1, 0.15) is 36.6 Å². The predicted octanol–water partition coefficient (Wildman–Crippen LogP) is 4.33. The van der Waals surface area contributed by atoms with Gasteiger partial charge < -0.3 is 9.94 Å². The second-order valence-corrected chi connectivity index (χ2v) is 4.86. The summed E-state index contributed by atoms with van der Waals surface area (Å²) in [5.41, 5.74) is 3.57. The lowest BCUT2D eigenvalue weighted by molar-refractivity contribution is 0.226. The molecule has 1 N–H and O–H groups in total. The molecule has 20 heavy (non-hydrogen) atoms.